The van der Waals surface area contributed by atoms with Crippen LogP contribution in [0.25, 0.3) is 0 Å². The van der Waals surface area contributed by atoms with E-state index in [1.807, 2.05) is 6.92 Å². The number of rotatable bonds is 7. The quantitative estimate of drug-likeness (QED) is 0.604. The summed E-state index contributed by atoms with van der Waals surface area (Å²) in [5.41, 5.74) is -0.122. The van der Waals surface area contributed by atoms with Gasteiger partial charge in [-0.3, -0.25) is 10.1 Å². The lowest BCUT2D eigenvalue weighted by molar-refractivity contribution is -0.385. The standard InChI is InChI=1S/C12H18N2O5S/c1-3-7-13(8-9-15)20(18,19)12-6-4-5-11(10(12)2)14(16)17/h4-6,15H,3,7-9H2,1-2H3. The van der Waals surface area contributed by atoms with Gasteiger partial charge >= 0.3 is 0 Å². The van der Waals surface area contributed by atoms with Gasteiger partial charge in [0.05, 0.1) is 16.4 Å². The Morgan fingerprint density at radius 3 is 2.50 bits per heavy atom. The number of aliphatic hydroxyl groups is 1. The first-order valence-electron chi connectivity index (χ1n) is 6.21. The topological polar surface area (TPSA) is 101 Å². The van der Waals surface area contributed by atoms with Crippen molar-refractivity contribution in [2.45, 2.75) is 25.2 Å². The van der Waals surface area contributed by atoms with Gasteiger partial charge in [0.1, 0.15) is 0 Å². The summed E-state index contributed by atoms with van der Waals surface area (Å²) in [6.07, 6.45) is 0.590. The van der Waals surface area contributed by atoms with Crippen molar-refractivity contribution in [3.05, 3.63) is 33.9 Å². The maximum Gasteiger partial charge on any atom is 0.273 e. The second-order valence-electron chi connectivity index (χ2n) is 4.29. The van der Waals surface area contributed by atoms with Crippen LogP contribution in [0.5, 0.6) is 0 Å². The highest BCUT2D eigenvalue weighted by molar-refractivity contribution is 7.89. The maximum absolute atomic E-state index is 12.5. The molecule has 112 valence electrons. The van der Waals surface area contributed by atoms with Gasteiger partial charge in [0.2, 0.25) is 10.0 Å². The van der Waals surface area contributed by atoms with Gasteiger partial charge in [-0.15, -0.1) is 0 Å². The summed E-state index contributed by atoms with van der Waals surface area (Å²) in [7, 11) is -3.84. The Labute approximate surface area is 118 Å². The van der Waals surface area contributed by atoms with E-state index >= 15 is 0 Å². The molecule has 0 amide bonds. The molecule has 0 bridgehead atoms. The fourth-order valence-corrected chi connectivity index (χ4v) is 3.70. The van der Waals surface area contributed by atoms with Gasteiger partial charge in [0.25, 0.3) is 5.69 Å². The number of sulfonamides is 1. The summed E-state index contributed by atoms with van der Waals surface area (Å²) in [6, 6.07) is 3.96. The van der Waals surface area contributed by atoms with Crippen molar-refractivity contribution in [2.24, 2.45) is 0 Å². The van der Waals surface area contributed by atoms with E-state index in [0.29, 0.717) is 6.42 Å². The minimum atomic E-state index is -3.84. The largest absolute Gasteiger partial charge is 0.395 e. The molecule has 1 rings (SSSR count). The highest BCUT2D eigenvalue weighted by atomic mass is 32.2. The SMILES string of the molecule is CCCN(CCO)S(=O)(=O)c1cccc([N+](=O)[O-])c1C. The van der Waals surface area contributed by atoms with Crippen molar-refractivity contribution < 1.29 is 18.4 Å². The van der Waals surface area contributed by atoms with Crippen LogP contribution in [0, 0.1) is 17.0 Å². The van der Waals surface area contributed by atoms with Crippen LogP contribution in [0.4, 0.5) is 5.69 Å². The van der Waals surface area contributed by atoms with Crippen LogP contribution in [-0.4, -0.2) is 42.4 Å². The maximum atomic E-state index is 12.5. The molecular formula is C12H18N2O5S. The lowest BCUT2D eigenvalue weighted by atomic mass is 10.2. The van der Waals surface area contributed by atoms with E-state index in [4.69, 9.17) is 5.11 Å². The predicted molar refractivity (Wildman–Crippen MR) is 74.0 cm³/mol. The summed E-state index contributed by atoms with van der Waals surface area (Å²) in [5, 5.41) is 19.9. The second kappa shape index (κ2) is 6.78. The molecule has 0 radical (unpaired) electrons. The molecule has 0 aromatic heterocycles. The van der Waals surface area contributed by atoms with E-state index in [2.05, 4.69) is 0 Å². The van der Waals surface area contributed by atoms with Gasteiger partial charge in [-0.1, -0.05) is 13.0 Å². The van der Waals surface area contributed by atoms with Crippen LogP contribution < -0.4 is 0 Å². The average molecular weight is 302 g/mol. The third-order valence-electron chi connectivity index (χ3n) is 2.89. The lowest BCUT2D eigenvalue weighted by Gasteiger charge is -2.21. The number of benzene rings is 1. The molecule has 7 nitrogen and oxygen atoms in total. The van der Waals surface area contributed by atoms with Crippen molar-refractivity contribution in [1.29, 1.82) is 0 Å². The molecule has 0 fully saturated rings. The zero-order valence-corrected chi connectivity index (χ0v) is 12.3. The third-order valence-corrected chi connectivity index (χ3v) is 4.94. The van der Waals surface area contributed by atoms with Crippen LogP contribution in [0.1, 0.15) is 18.9 Å². The molecule has 0 saturated carbocycles. The minimum absolute atomic E-state index is 0.0295. The first-order valence-corrected chi connectivity index (χ1v) is 7.65. The van der Waals surface area contributed by atoms with Gasteiger partial charge in [-0.25, -0.2) is 8.42 Å². The van der Waals surface area contributed by atoms with Crippen molar-refractivity contribution in [3.8, 4) is 0 Å². The van der Waals surface area contributed by atoms with E-state index in [1.165, 1.54) is 25.1 Å². The molecule has 1 N–H and O–H groups in total. The highest BCUT2D eigenvalue weighted by Gasteiger charge is 2.28. The molecule has 8 heteroatoms. The normalized spacial score (nSPS) is 11.8. The zero-order chi connectivity index (χ0) is 15.3. The first kappa shape index (κ1) is 16.5. The zero-order valence-electron chi connectivity index (χ0n) is 11.4. The summed E-state index contributed by atoms with van der Waals surface area (Å²) in [5.74, 6) is 0. The number of nitrogens with zero attached hydrogens (tertiary/aromatic N) is 2. The van der Waals surface area contributed by atoms with Crippen LogP contribution in [0.15, 0.2) is 23.1 Å². The summed E-state index contributed by atoms with van der Waals surface area (Å²) in [6.45, 7) is 3.16. The number of aliphatic hydroxyl groups excluding tert-OH is 1. The average Bonchev–Trinajstić information content (AvgIpc) is 2.38. The van der Waals surface area contributed by atoms with Crippen LogP contribution in [-0.2, 0) is 10.0 Å². The van der Waals surface area contributed by atoms with E-state index < -0.39 is 14.9 Å². The molecule has 0 atom stereocenters. The van der Waals surface area contributed by atoms with Gasteiger partial charge in [-0.05, 0) is 19.4 Å². The van der Waals surface area contributed by atoms with Gasteiger partial charge in [0, 0.05) is 24.7 Å². The molecule has 1 aromatic rings. The Bertz CT molecular complexity index is 580. The fraction of sp³-hybridized carbons (Fsp3) is 0.500. The summed E-state index contributed by atoms with van der Waals surface area (Å²) >= 11 is 0. The molecule has 0 heterocycles. The Hall–Kier alpha value is -1.51. The molecule has 0 aliphatic heterocycles. The van der Waals surface area contributed by atoms with Gasteiger partial charge in [0.15, 0.2) is 0 Å². The van der Waals surface area contributed by atoms with Crippen LogP contribution in [0.3, 0.4) is 0 Å². The van der Waals surface area contributed by atoms with Crippen LogP contribution in [0.2, 0.25) is 0 Å². The van der Waals surface area contributed by atoms with E-state index in [9.17, 15) is 18.5 Å². The molecule has 0 aliphatic rings. The Morgan fingerprint density at radius 1 is 1.35 bits per heavy atom. The number of hydrogen-bond acceptors (Lipinski definition) is 5. The first-order chi connectivity index (χ1) is 9.36. The molecule has 0 spiro atoms. The summed E-state index contributed by atoms with van der Waals surface area (Å²) < 4.78 is 26.1. The molecule has 0 aliphatic carbocycles. The number of nitro benzene ring substituents is 1. The van der Waals surface area contributed by atoms with E-state index in [-0.39, 0.29) is 35.8 Å². The van der Waals surface area contributed by atoms with Gasteiger partial charge < -0.3 is 5.11 Å². The van der Waals surface area contributed by atoms with Gasteiger partial charge in [-0.2, -0.15) is 4.31 Å². The fourth-order valence-electron chi connectivity index (χ4n) is 1.93. The molecule has 0 saturated heterocycles. The Morgan fingerprint density at radius 2 is 2.00 bits per heavy atom. The molecule has 1 aromatic carbocycles. The lowest BCUT2D eigenvalue weighted by Crippen LogP contribution is -2.34. The monoisotopic (exact) mass is 302 g/mol. The summed E-state index contributed by atoms with van der Waals surface area (Å²) in [4.78, 5) is 10.2. The van der Waals surface area contributed by atoms with Crippen molar-refractivity contribution in [3.63, 3.8) is 0 Å². The Kier molecular flexibility index (Phi) is 5.61. The number of hydrogen-bond donors (Lipinski definition) is 1. The van der Waals surface area contributed by atoms with Crippen molar-refractivity contribution >= 4 is 15.7 Å². The molecule has 0 unspecified atom stereocenters. The second-order valence-corrected chi connectivity index (χ2v) is 6.19. The van der Waals surface area contributed by atoms with E-state index in [0.717, 1.165) is 4.31 Å². The molecule has 20 heavy (non-hydrogen) atoms. The Balaban J connectivity index is 3.34. The molecular weight excluding hydrogens is 284 g/mol. The van der Waals surface area contributed by atoms with Crippen molar-refractivity contribution in [1.82, 2.24) is 4.31 Å². The van der Waals surface area contributed by atoms with Crippen molar-refractivity contribution in [2.75, 3.05) is 19.7 Å². The smallest absolute Gasteiger partial charge is 0.273 e. The third kappa shape index (κ3) is 3.33. The van der Waals surface area contributed by atoms with Crippen LogP contribution >= 0.6 is 0 Å². The minimum Gasteiger partial charge on any atom is -0.395 e. The predicted octanol–water partition coefficient (Wildman–Crippen LogP) is 1.30. The highest BCUT2D eigenvalue weighted by Crippen LogP contribution is 2.27. The number of nitro groups is 1. The van der Waals surface area contributed by atoms with E-state index in [1.54, 1.807) is 0 Å².